The van der Waals surface area contributed by atoms with Crippen molar-refractivity contribution >= 4 is 0 Å². The lowest BCUT2D eigenvalue weighted by atomic mass is 9.71. The van der Waals surface area contributed by atoms with Crippen LogP contribution in [0.25, 0.3) is 0 Å². The van der Waals surface area contributed by atoms with E-state index in [1.54, 1.807) is 0 Å². The molecule has 0 saturated carbocycles. The van der Waals surface area contributed by atoms with Crippen LogP contribution in [0.5, 0.6) is 0 Å². The van der Waals surface area contributed by atoms with Crippen LogP contribution in [-0.4, -0.2) is 11.7 Å². The summed E-state index contributed by atoms with van der Waals surface area (Å²) in [5.41, 5.74) is 7.24. The van der Waals surface area contributed by atoms with Crippen LogP contribution in [0.2, 0.25) is 0 Å². The van der Waals surface area contributed by atoms with Gasteiger partial charge in [-0.15, -0.1) is 0 Å². The molecule has 0 spiro atoms. The van der Waals surface area contributed by atoms with Crippen LogP contribution in [0.3, 0.4) is 0 Å². The maximum absolute atomic E-state index is 5.62. The highest BCUT2D eigenvalue weighted by molar-refractivity contribution is 5.24. The second-order valence-electron chi connectivity index (χ2n) is 5.02. The van der Waals surface area contributed by atoms with Gasteiger partial charge in [-0.2, -0.15) is 0 Å². The Labute approximate surface area is 84.7 Å². The zero-order chi connectivity index (χ0) is 10.2. The maximum Gasteiger partial charge on any atom is 0.140 e. The van der Waals surface area contributed by atoms with Crippen LogP contribution in [0.4, 0.5) is 0 Å². The fraction of sp³-hybridized carbons (Fsp3) is 0.727. The van der Waals surface area contributed by atoms with Gasteiger partial charge in [0.15, 0.2) is 0 Å². The van der Waals surface area contributed by atoms with Crippen LogP contribution in [-0.2, 0) is 6.42 Å². The molecule has 1 atom stereocenters. The molecule has 1 heterocycles. The first kappa shape index (κ1) is 9.71. The van der Waals surface area contributed by atoms with E-state index in [9.17, 15) is 0 Å². The monoisotopic (exact) mass is 194 g/mol. The highest BCUT2D eigenvalue weighted by Crippen LogP contribution is 2.43. The lowest BCUT2D eigenvalue weighted by molar-refractivity contribution is 0.237. The molecule has 0 aromatic carbocycles. The Balaban J connectivity index is 2.28. The summed E-state index contributed by atoms with van der Waals surface area (Å²) in [6.07, 6.45) is 5.10. The SMILES string of the molecule is CC1(C)Cc2oncc2C(CCN)C1. The fourth-order valence-corrected chi connectivity index (χ4v) is 2.48. The first-order valence-corrected chi connectivity index (χ1v) is 5.26. The normalized spacial score (nSPS) is 24.6. The van der Waals surface area contributed by atoms with Gasteiger partial charge in [-0.3, -0.25) is 0 Å². The van der Waals surface area contributed by atoms with Crippen molar-refractivity contribution < 1.29 is 4.52 Å². The third kappa shape index (κ3) is 1.69. The van der Waals surface area contributed by atoms with Gasteiger partial charge in [0, 0.05) is 12.0 Å². The molecular formula is C11H18N2O. The molecule has 0 aliphatic heterocycles. The second-order valence-corrected chi connectivity index (χ2v) is 5.02. The number of rotatable bonds is 2. The number of nitrogens with zero attached hydrogens (tertiary/aromatic N) is 1. The molecule has 1 aromatic rings. The number of aromatic nitrogens is 1. The van der Waals surface area contributed by atoms with Gasteiger partial charge < -0.3 is 10.3 Å². The number of nitrogens with two attached hydrogens (primary N) is 1. The minimum atomic E-state index is 0.326. The Hall–Kier alpha value is -0.830. The van der Waals surface area contributed by atoms with Crippen LogP contribution in [0.15, 0.2) is 10.7 Å². The molecular weight excluding hydrogens is 176 g/mol. The van der Waals surface area contributed by atoms with Crippen molar-refractivity contribution in [2.75, 3.05) is 6.54 Å². The third-order valence-corrected chi connectivity index (χ3v) is 3.07. The zero-order valence-corrected chi connectivity index (χ0v) is 8.92. The van der Waals surface area contributed by atoms with Crippen molar-refractivity contribution in [3.8, 4) is 0 Å². The van der Waals surface area contributed by atoms with Crippen molar-refractivity contribution in [1.29, 1.82) is 0 Å². The maximum atomic E-state index is 5.62. The van der Waals surface area contributed by atoms with E-state index in [-0.39, 0.29) is 0 Å². The predicted molar refractivity (Wildman–Crippen MR) is 55.0 cm³/mol. The average Bonchev–Trinajstić information content (AvgIpc) is 2.50. The summed E-state index contributed by atoms with van der Waals surface area (Å²) < 4.78 is 5.28. The van der Waals surface area contributed by atoms with Gasteiger partial charge in [0.2, 0.25) is 0 Å². The summed E-state index contributed by atoms with van der Waals surface area (Å²) in [5.74, 6) is 1.62. The molecule has 0 saturated heterocycles. The minimum Gasteiger partial charge on any atom is -0.361 e. The van der Waals surface area contributed by atoms with Crippen molar-refractivity contribution in [2.45, 2.75) is 39.0 Å². The first-order valence-electron chi connectivity index (χ1n) is 5.26. The highest BCUT2D eigenvalue weighted by Gasteiger charge is 2.34. The highest BCUT2D eigenvalue weighted by atomic mass is 16.5. The molecule has 0 bridgehead atoms. The van der Waals surface area contributed by atoms with E-state index < -0.39 is 0 Å². The summed E-state index contributed by atoms with van der Waals surface area (Å²) >= 11 is 0. The number of hydrogen-bond donors (Lipinski definition) is 1. The van der Waals surface area contributed by atoms with E-state index in [4.69, 9.17) is 10.3 Å². The molecule has 1 aliphatic carbocycles. The average molecular weight is 194 g/mol. The van der Waals surface area contributed by atoms with Gasteiger partial charge in [-0.25, -0.2) is 0 Å². The molecule has 1 aliphatic rings. The Kier molecular flexibility index (Phi) is 2.35. The summed E-state index contributed by atoms with van der Waals surface area (Å²) in [6.45, 7) is 5.30. The smallest absolute Gasteiger partial charge is 0.140 e. The van der Waals surface area contributed by atoms with Crippen molar-refractivity contribution in [2.24, 2.45) is 11.1 Å². The first-order chi connectivity index (χ1) is 6.62. The second kappa shape index (κ2) is 3.39. The molecule has 2 rings (SSSR count). The molecule has 1 aromatic heterocycles. The Morgan fingerprint density at radius 2 is 2.43 bits per heavy atom. The van der Waals surface area contributed by atoms with Gasteiger partial charge in [-0.1, -0.05) is 19.0 Å². The van der Waals surface area contributed by atoms with E-state index in [1.165, 1.54) is 12.0 Å². The standard InChI is InChI=1S/C11H18N2O/c1-11(2)5-8(3-4-12)9-7-13-14-10(9)6-11/h7-8H,3-6,12H2,1-2H3. The lowest BCUT2D eigenvalue weighted by Crippen LogP contribution is -2.25. The van der Waals surface area contributed by atoms with Crippen molar-refractivity contribution in [3.63, 3.8) is 0 Å². The summed E-state index contributed by atoms with van der Waals surface area (Å²) in [4.78, 5) is 0. The molecule has 3 nitrogen and oxygen atoms in total. The van der Waals surface area contributed by atoms with Crippen LogP contribution in [0.1, 0.15) is 43.9 Å². The minimum absolute atomic E-state index is 0.326. The molecule has 0 fully saturated rings. The number of fused-ring (bicyclic) bond motifs is 1. The summed E-state index contributed by atoms with van der Waals surface area (Å²) in [6, 6.07) is 0. The molecule has 0 radical (unpaired) electrons. The Morgan fingerprint density at radius 3 is 3.14 bits per heavy atom. The topological polar surface area (TPSA) is 52.0 Å². The summed E-state index contributed by atoms with van der Waals surface area (Å²) in [5, 5.41) is 3.89. The van der Waals surface area contributed by atoms with E-state index in [2.05, 4.69) is 19.0 Å². The third-order valence-electron chi connectivity index (χ3n) is 3.07. The Morgan fingerprint density at radius 1 is 1.64 bits per heavy atom. The van der Waals surface area contributed by atoms with Crippen LogP contribution in [0, 0.1) is 5.41 Å². The van der Waals surface area contributed by atoms with Crippen LogP contribution >= 0.6 is 0 Å². The molecule has 3 heteroatoms. The number of hydrogen-bond acceptors (Lipinski definition) is 3. The zero-order valence-electron chi connectivity index (χ0n) is 8.92. The molecule has 0 amide bonds. The fourth-order valence-electron chi connectivity index (χ4n) is 2.48. The van der Waals surface area contributed by atoms with Gasteiger partial charge in [0.1, 0.15) is 5.76 Å². The van der Waals surface area contributed by atoms with Crippen molar-refractivity contribution in [1.82, 2.24) is 5.16 Å². The van der Waals surface area contributed by atoms with E-state index >= 15 is 0 Å². The van der Waals surface area contributed by atoms with Crippen molar-refractivity contribution in [3.05, 3.63) is 17.5 Å². The van der Waals surface area contributed by atoms with Gasteiger partial charge >= 0.3 is 0 Å². The van der Waals surface area contributed by atoms with Crippen LogP contribution < -0.4 is 5.73 Å². The largest absolute Gasteiger partial charge is 0.361 e. The quantitative estimate of drug-likeness (QED) is 0.784. The molecule has 78 valence electrons. The lowest BCUT2D eigenvalue weighted by Gasteiger charge is -2.33. The van der Waals surface area contributed by atoms with E-state index in [0.29, 0.717) is 11.3 Å². The summed E-state index contributed by atoms with van der Waals surface area (Å²) in [7, 11) is 0. The van der Waals surface area contributed by atoms with E-state index in [0.717, 1.165) is 25.1 Å². The predicted octanol–water partition coefficient (Wildman–Crippen LogP) is 2.08. The Bertz CT molecular complexity index is 317. The van der Waals surface area contributed by atoms with Gasteiger partial charge in [0.25, 0.3) is 0 Å². The molecule has 2 N–H and O–H groups in total. The molecule has 1 unspecified atom stereocenters. The molecule has 14 heavy (non-hydrogen) atoms. The van der Waals surface area contributed by atoms with Gasteiger partial charge in [-0.05, 0) is 30.7 Å². The van der Waals surface area contributed by atoms with Gasteiger partial charge in [0.05, 0.1) is 6.20 Å². The van der Waals surface area contributed by atoms with E-state index in [1.807, 2.05) is 6.20 Å².